The van der Waals surface area contributed by atoms with Crippen LogP contribution in [0.15, 0.2) is 23.1 Å². The third-order valence-corrected chi connectivity index (χ3v) is 3.83. The van der Waals surface area contributed by atoms with Crippen LogP contribution >= 0.6 is 11.8 Å². The van der Waals surface area contributed by atoms with Gasteiger partial charge < -0.3 is 10.1 Å². The highest BCUT2D eigenvalue weighted by Crippen LogP contribution is 2.38. The van der Waals surface area contributed by atoms with E-state index in [0.717, 1.165) is 18.9 Å². The highest BCUT2D eigenvalue weighted by molar-refractivity contribution is 7.99. The van der Waals surface area contributed by atoms with E-state index in [4.69, 9.17) is 4.74 Å². The van der Waals surface area contributed by atoms with Crippen molar-refractivity contribution in [3.8, 4) is 5.75 Å². The maximum atomic E-state index is 5.62. The summed E-state index contributed by atoms with van der Waals surface area (Å²) in [7, 11) is 0. The van der Waals surface area contributed by atoms with Crippen LogP contribution in [0.4, 0.5) is 5.69 Å². The quantitative estimate of drug-likeness (QED) is 0.831. The molecule has 0 fully saturated rings. The van der Waals surface area contributed by atoms with Crippen molar-refractivity contribution in [2.24, 2.45) is 5.92 Å². The molecule has 1 atom stereocenters. The first kappa shape index (κ1) is 10.7. The Morgan fingerprint density at radius 3 is 3.20 bits per heavy atom. The molecule has 0 bridgehead atoms. The number of hydrogen-bond acceptors (Lipinski definition) is 3. The van der Waals surface area contributed by atoms with Crippen molar-refractivity contribution in [3.63, 3.8) is 0 Å². The van der Waals surface area contributed by atoms with Gasteiger partial charge in [0.25, 0.3) is 0 Å². The second kappa shape index (κ2) is 4.79. The SMILES string of the molecule is CCOc1cccc2c1NCC(C)CS2. The Morgan fingerprint density at radius 2 is 2.40 bits per heavy atom. The molecule has 0 saturated heterocycles. The molecule has 1 aliphatic rings. The van der Waals surface area contributed by atoms with Crippen LogP contribution < -0.4 is 10.1 Å². The summed E-state index contributed by atoms with van der Waals surface area (Å²) in [5, 5.41) is 3.48. The fourth-order valence-electron chi connectivity index (χ4n) is 1.65. The van der Waals surface area contributed by atoms with Gasteiger partial charge in [-0.2, -0.15) is 0 Å². The van der Waals surface area contributed by atoms with Crippen LogP contribution in [-0.4, -0.2) is 18.9 Å². The van der Waals surface area contributed by atoms with Crippen LogP contribution in [0.5, 0.6) is 5.75 Å². The zero-order valence-electron chi connectivity index (χ0n) is 9.25. The van der Waals surface area contributed by atoms with Crippen LogP contribution in [0.1, 0.15) is 13.8 Å². The van der Waals surface area contributed by atoms with Gasteiger partial charge in [0.05, 0.1) is 12.3 Å². The summed E-state index contributed by atoms with van der Waals surface area (Å²) in [4.78, 5) is 1.31. The number of ether oxygens (including phenoxy) is 1. The van der Waals surface area contributed by atoms with Crippen LogP contribution in [0.3, 0.4) is 0 Å². The zero-order chi connectivity index (χ0) is 10.7. The number of anilines is 1. The number of para-hydroxylation sites is 1. The molecule has 0 saturated carbocycles. The van der Waals surface area contributed by atoms with Crippen molar-refractivity contribution in [1.82, 2.24) is 0 Å². The lowest BCUT2D eigenvalue weighted by Gasteiger charge is -2.13. The van der Waals surface area contributed by atoms with Gasteiger partial charge in [0.15, 0.2) is 0 Å². The van der Waals surface area contributed by atoms with Gasteiger partial charge in [0, 0.05) is 17.2 Å². The first-order chi connectivity index (χ1) is 7.31. The van der Waals surface area contributed by atoms with Gasteiger partial charge in [-0.25, -0.2) is 0 Å². The number of benzene rings is 1. The van der Waals surface area contributed by atoms with Gasteiger partial charge >= 0.3 is 0 Å². The summed E-state index contributed by atoms with van der Waals surface area (Å²) in [6.07, 6.45) is 0. The van der Waals surface area contributed by atoms with Crippen molar-refractivity contribution in [2.45, 2.75) is 18.7 Å². The van der Waals surface area contributed by atoms with Crippen LogP contribution in [0, 0.1) is 5.92 Å². The molecule has 3 heteroatoms. The van der Waals surface area contributed by atoms with E-state index in [2.05, 4.69) is 24.4 Å². The highest BCUT2D eigenvalue weighted by atomic mass is 32.2. The molecule has 0 amide bonds. The monoisotopic (exact) mass is 223 g/mol. The van der Waals surface area contributed by atoms with Crippen molar-refractivity contribution in [2.75, 3.05) is 24.2 Å². The van der Waals surface area contributed by atoms with E-state index in [-0.39, 0.29) is 0 Å². The normalized spacial score (nSPS) is 20.0. The van der Waals surface area contributed by atoms with E-state index < -0.39 is 0 Å². The Labute approximate surface area is 95.4 Å². The lowest BCUT2D eigenvalue weighted by Crippen LogP contribution is -2.11. The van der Waals surface area contributed by atoms with Gasteiger partial charge in [0.1, 0.15) is 5.75 Å². The maximum Gasteiger partial charge on any atom is 0.143 e. The van der Waals surface area contributed by atoms with E-state index in [1.165, 1.54) is 16.3 Å². The molecule has 15 heavy (non-hydrogen) atoms. The van der Waals surface area contributed by atoms with Crippen molar-refractivity contribution < 1.29 is 4.74 Å². The summed E-state index contributed by atoms with van der Waals surface area (Å²) in [6.45, 7) is 6.04. The minimum atomic E-state index is 0.705. The topological polar surface area (TPSA) is 21.3 Å². The minimum absolute atomic E-state index is 0.705. The number of hydrogen-bond donors (Lipinski definition) is 1. The van der Waals surface area contributed by atoms with Gasteiger partial charge in [0.2, 0.25) is 0 Å². The summed E-state index contributed by atoms with van der Waals surface area (Å²) in [6, 6.07) is 6.26. The van der Waals surface area contributed by atoms with E-state index in [1.54, 1.807) is 0 Å². The third-order valence-electron chi connectivity index (χ3n) is 2.44. The fourth-order valence-corrected chi connectivity index (χ4v) is 2.72. The Balaban J connectivity index is 2.29. The van der Waals surface area contributed by atoms with Crippen LogP contribution in [-0.2, 0) is 0 Å². The smallest absolute Gasteiger partial charge is 0.143 e. The Morgan fingerprint density at radius 1 is 1.53 bits per heavy atom. The molecule has 2 nitrogen and oxygen atoms in total. The zero-order valence-corrected chi connectivity index (χ0v) is 10.1. The fraction of sp³-hybridized carbons (Fsp3) is 0.500. The first-order valence-corrected chi connectivity index (χ1v) is 6.42. The molecule has 2 rings (SSSR count). The molecule has 0 aromatic heterocycles. The van der Waals surface area contributed by atoms with E-state index in [9.17, 15) is 0 Å². The second-order valence-corrected chi connectivity index (χ2v) is 4.92. The Kier molecular flexibility index (Phi) is 3.41. The largest absolute Gasteiger partial charge is 0.492 e. The predicted molar refractivity (Wildman–Crippen MR) is 66.0 cm³/mol. The average molecular weight is 223 g/mol. The molecule has 0 radical (unpaired) electrons. The minimum Gasteiger partial charge on any atom is -0.492 e. The van der Waals surface area contributed by atoms with Crippen LogP contribution in [0.25, 0.3) is 0 Å². The first-order valence-electron chi connectivity index (χ1n) is 5.43. The highest BCUT2D eigenvalue weighted by Gasteiger charge is 2.15. The van der Waals surface area contributed by atoms with Crippen molar-refractivity contribution >= 4 is 17.4 Å². The standard InChI is InChI=1S/C12H17NOS/c1-3-14-10-5-4-6-11-12(10)13-7-9(2)8-15-11/h4-6,9,13H,3,7-8H2,1-2H3. The van der Waals surface area contributed by atoms with E-state index >= 15 is 0 Å². The van der Waals surface area contributed by atoms with E-state index in [1.807, 2.05) is 24.8 Å². The Bertz CT molecular complexity index is 340. The third kappa shape index (κ3) is 2.40. The number of fused-ring (bicyclic) bond motifs is 1. The molecular weight excluding hydrogens is 206 g/mol. The van der Waals surface area contributed by atoms with Gasteiger partial charge in [-0.1, -0.05) is 13.0 Å². The lowest BCUT2D eigenvalue weighted by molar-refractivity contribution is 0.341. The average Bonchev–Trinajstić information content (AvgIpc) is 2.43. The molecule has 1 aliphatic heterocycles. The Hall–Kier alpha value is -0.830. The summed E-state index contributed by atoms with van der Waals surface area (Å²) >= 11 is 1.92. The second-order valence-electron chi connectivity index (χ2n) is 3.86. The molecule has 0 spiro atoms. The molecule has 1 aromatic carbocycles. The molecule has 1 unspecified atom stereocenters. The molecule has 82 valence electrons. The van der Waals surface area contributed by atoms with Crippen molar-refractivity contribution in [1.29, 1.82) is 0 Å². The number of thioether (sulfide) groups is 1. The maximum absolute atomic E-state index is 5.62. The summed E-state index contributed by atoms with van der Waals surface area (Å²) < 4.78 is 5.62. The molecular formula is C12H17NOS. The molecule has 1 aromatic rings. The summed E-state index contributed by atoms with van der Waals surface area (Å²) in [5.74, 6) is 2.86. The molecule has 0 aliphatic carbocycles. The summed E-state index contributed by atoms with van der Waals surface area (Å²) in [5.41, 5.74) is 1.17. The van der Waals surface area contributed by atoms with Gasteiger partial charge in [-0.05, 0) is 25.0 Å². The van der Waals surface area contributed by atoms with Crippen LogP contribution in [0.2, 0.25) is 0 Å². The number of nitrogens with one attached hydrogen (secondary N) is 1. The molecule has 1 N–H and O–H groups in total. The molecule has 1 heterocycles. The van der Waals surface area contributed by atoms with Gasteiger partial charge in [-0.3, -0.25) is 0 Å². The lowest BCUT2D eigenvalue weighted by atomic mass is 10.2. The van der Waals surface area contributed by atoms with Crippen molar-refractivity contribution in [3.05, 3.63) is 18.2 Å². The predicted octanol–water partition coefficient (Wildman–Crippen LogP) is 3.24. The number of rotatable bonds is 2. The van der Waals surface area contributed by atoms with Gasteiger partial charge in [-0.15, -0.1) is 11.8 Å². The van der Waals surface area contributed by atoms with E-state index in [0.29, 0.717) is 5.92 Å².